The number of amides is 5. The zero-order valence-electron chi connectivity index (χ0n) is 35.0. The summed E-state index contributed by atoms with van der Waals surface area (Å²) in [6, 6.07) is 24.4. The van der Waals surface area contributed by atoms with Crippen LogP contribution < -0.4 is 20.9 Å². The van der Waals surface area contributed by atoms with Gasteiger partial charge in [-0.2, -0.15) is 0 Å². The first kappa shape index (κ1) is 40.2. The number of carbonyl (C=O) groups excluding carboxylic acids is 5. The van der Waals surface area contributed by atoms with Gasteiger partial charge in [-0.3, -0.25) is 49.0 Å². The number of likely N-dealkylation sites (tertiary alicyclic amines) is 1. The van der Waals surface area contributed by atoms with E-state index in [1.807, 2.05) is 79.7 Å². The highest BCUT2D eigenvalue weighted by molar-refractivity contribution is 6.23. The molecule has 15 heteroatoms. The maximum absolute atomic E-state index is 13.4. The summed E-state index contributed by atoms with van der Waals surface area (Å²) in [7, 11) is 0. The summed E-state index contributed by atoms with van der Waals surface area (Å²) < 4.78 is 0. The number of imide groups is 2. The standard InChI is InChI=1S/C48H48N10O5/c1-29-4-9-34(21-41(29)53-48-50-18-14-40(52-48)33-3-2-17-49-24-33)51-44(60)32-7-5-30(6-8-32)25-55-19-15-31(16-20-55)26-56-27-36-22-37(28-56)57(36)35-10-11-38-39(23-35)47(63)58(46(38)62)42-12-13-43(59)54-45(42)61/h2-11,14,17-18,21,23-24,31,36-37,42H,12-13,15-16,19-20,22,25-28H2,1H3,(H,51,60)(H,50,52,53)(H,54,59,61). The highest BCUT2D eigenvalue weighted by Crippen LogP contribution is 2.40. The third kappa shape index (κ3) is 8.17. The monoisotopic (exact) mass is 844 g/mol. The quantitative estimate of drug-likeness (QED) is 0.145. The number of nitrogens with zero attached hydrogens (tertiary/aromatic N) is 7. The molecule has 2 aromatic heterocycles. The second-order valence-electron chi connectivity index (χ2n) is 17.4. The minimum atomic E-state index is -0.968. The molecule has 5 amide bonds. The molecule has 3 aromatic carbocycles. The number of rotatable bonds is 11. The second kappa shape index (κ2) is 16.8. The minimum Gasteiger partial charge on any atom is -0.363 e. The fourth-order valence-corrected chi connectivity index (χ4v) is 9.85. The molecule has 11 rings (SSSR count). The number of anilines is 4. The third-order valence-electron chi connectivity index (χ3n) is 13.2. The van der Waals surface area contributed by atoms with Gasteiger partial charge in [0.2, 0.25) is 17.8 Å². The van der Waals surface area contributed by atoms with Crippen LogP contribution in [-0.2, 0) is 16.1 Å². The number of piperidine rings is 3. The maximum atomic E-state index is 13.4. The van der Waals surface area contributed by atoms with Gasteiger partial charge in [0.25, 0.3) is 17.7 Å². The molecule has 0 radical (unpaired) electrons. The number of carbonyl (C=O) groups is 5. The number of benzene rings is 3. The van der Waals surface area contributed by atoms with E-state index in [2.05, 4.69) is 45.6 Å². The largest absolute Gasteiger partial charge is 0.363 e. The van der Waals surface area contributed by atoms with E-state index in [4.69, 9.17) is 0 Å². The molecule has 0 spiro atoms. The van der Waals surface area contributed by atoms with Crippen molar-refractivity contribution in [1.82, 2.24) is 35.0 Å². The predicted octanol–water partition coefficient (Wildman–Crippen LogP) is 5.42. The average molecular weight is 845 g/mol. The van der Waals surface area contributed by atoms with Crippen LogP contribution in [0, 0.1) is 12.8 Å². The summed E-state index contributed by atoms with van der Waals surface area (Å²) in [5, 5.41) is 8.60. The van der Waals surface area contributed by atoms with Crippen LogP contribution >= 0.6 is 0 Å². The SMILES string of the molecule is Cc1ccc(NC(=O)c2ccc(CN3CCC(CN4CC5CC(C4)N5c4ccc5c(c4)C(=O)N(C4CCC(=O)NC4=O)C5=O)CC3)cc2)cc1Nc1nccc(-c2cccnc2)n1. The predicted molar refractivity (Wildman–Crippen MR) is 236 cm³/mol. The molecule has 3 unspecified atom stereocenters. The van der Waals surface area contributed by atoms with Crippen LogP contribution in [-0.4, -0.2) is 110 Å². The van der Waals surface area contributed by atoms with E-state index >= 15 is 0 Å². The van der Waals surface area contributed by atoms with Crippen LogP contribution in [0.15, 0.2) is 97.5 Å². The molecule has 63 heavy (non-hydrogen) atoms. The lowest BCUT2D eigenvalue weighted by Crippen LogP contribution is -2.69. The second-order valence-corrected chi connectivity index (χ2v) is 17.4. The first-order valence-electron chi connectivity index (χ1n) is 21.7. The third-order valence-corrected chi connectivity index (χ3v) is 13.2. The van der Waals surface area contributed by atoms with E-state index in [0.717, 1.165) is 91.6 Å². The van der Waals surface area contributed by atoms with Gasteiger partial charge in [-0.05, 0) is 123 Å². The molecule has 3 atom stereocenters. The van der Waals surface area contributed by atoms with Crippen molar-refractivity contribution in [2.45, 2.75) is 63.7 Å². The number of pyridine rings is 1. The minimum absolute atomic E-state index is 0.0969. The lowest BCUT2D eigenvalue weighted by Gasteiger charge is -2.58. The van der Waals surface area contributed by atoms with Gasteiger partial charge in [0.1, 0.15) is 6.04 Å². The summed E-state index contributed by atoms with van der Waals surface area (Å²) in [6.07, 6.45) is 8.81. The number of piperazine rings is 1. The Hall–Kier alpha value is -6.84. The van der Waals surface area contributed by atoms with Crippen molar-refractivity contribution >= 4 is 52.5 Å². The molecule has 6 aliphatic rings. The number of aromatic nitrogens is 3. The van der Waals surface area contributed by atoms with Crippen molar-refractivity contribution in [1.29, 1.82) is 0 Å². The number of nitrogens with one attached hydrogen (secondary N) is 3. The van der Waals surface area contributed by atoms with E-state index in [9.17, 15) is 24.0 Å². The Bertz CT molecular complexity index is 2600. The Labute approximate surface area is 364 Å². The first-order chi connectivity index (χ1) is 30.6. The Kier molecular flexibility index (Phi) is 10.7. The summed E-state index contributed by atoms with van der Waals surface area (Å²) in [6.45, 7) is 7.88. The van der Waals surface area contributed by atoms with Gasteiger partial charge in [0.05, 0.1) is 16.8 Å². The van der Waals surface area contributed by atoms with Gasteiger partial charge < -0.3 is 15.5 Å². The van der Waals surface area contributed by atoms with Crippen molar-refractivity contribution in [3.05, 3.63) is 125 Å². The summed E-state index contributed by atoms with van der Waals surface area (Å²) in [4.78, 5) is 85.8. The number of hydrogen-bond acceptors (Lipinski definition) is 12. The van der Waals surface area contributed by atoms with E-state index in [1.54, 1.807) is 24.7 Å². The smallest absolute Gasteiger partial charge is 0.262 e. The fraction of sp³-hybridized carbons (Fsp3) is 0.333. The van der Waals surface area contributed by atoms with E-state index in [-0.39, 0.29) is 24.7 Å². The Morgan fingerprint density at radius 2 is 1.63 bits per heavy atom. The van der Waals surface area contributed by atoms with E-state index in [1.165, 1.54) is 5.56 Å². The van der Waals surface area contributed by atoms with Crippen LogP contribution in [0.3, 0.4) is 0 Å². The van der Waals surface area contributed by atoms with Crippen molar-refractivity contribution in [2.75, 3.05) is 48.3 Å². The highest BCUT2D eigenvalue weighted by atomic mass is 16.2. The van der Waals surface area contributed by atoms with Crippen molar-refractivity contribution in [2.24, 2.45) is 5.92 Å². The topological polar surface area (TPSA) is 173 Å². The molecule has 15 nitrogen and oxygen atoms in total. The lowest BCUT2D eigenvalue weighted by atomic mass is 9.85. The van der Waals surface area contributed by atoms with Crippen molar-refractivity contribution in [3.63, 3.8) is 0 Å². The zero-order valence-corrected chi connectivity index (χ0v) is 35.0. The number of aryl methyl sites for hydroxylation is 1. The Balaban J connectivity index is 0.680. The summed E-state index contributed by atoms with van der Waals surface area (Å²) >= 11 is 0. The number of fused-ring (bicyclic) bond motifs is 3. The number of hydrogen-bond donors (Lipinski definition) is 3. The van der Waals surface area contributed by atoms with Gasteiger partial charge in [0.15, 0.2) is 0 Å². The first-order valence-corrected chi connectivity index (χ1v) is 21.7. The normalized spacial score (nSPS) is 21.5. The van der Waals surface area contributed by atoms with Crippen LogP contribution in [0.25, 0.3) is 11.3 Å². The van der Waals surface area contributed by atoms with Gasteiger partial charge in [-0.25, -0.2) is 9.97 Å². The van der Waals surface area contributed by atoms with E-state index < -0.39 is 23.8 Å². The molecule has 2 bridgehead atoms. The highest BCUT2D eigenvalue weighted by Gasteiger charge is 2.48. The molecule has 8 heterocycles. The Morgan fingerprint density at radius 3 is 2.40 bits per heavy atom. The summed E-state index contributed by atoms with van der Waals surface area (Å²) in [5.74, 6) is -1.03. The molecular formula is C48H48N10O5. The van der Waals surface area contributed by atoms with Crippen molar-refractivity contribution < 1.29 is 24.0 Å². The maximum Gasteiger partial charge on any atom is 0.262 e. The van der Waals surface area contributed by atoms with E-state index in [0.29, 0.717) is 46.3 Å². The molecular weight excluding hydrogens is 797 g/mol. The van der Waals surface area contributed by atoms with Crippen LogP contribution in [0.5, 0.6) is 0 Å². The van der Waals surface area contributed by atoms with Gasteiger partial charge in [-0.15, -0.1) is 0 Å². The lowest BCUT2D eigenvalue weighted by molar-refractivity contribution is -0.136. The molecule has 3 N–H and O–H groups in total. The van der Waals surface area contributed by atoms with Crippen LogP contribution in [0.4, 0.5) is 23.0 Å². The zero-order chi connectivity index (χ0) is 43.2. The molecule has 0 saturated carbocycles. The van der Waals surface area contributed by atoms with Gasteiger partial charge >= 0.3 is 0 Å². The van der Waals surface area contributed by atoms with Gasteiger partial charge in [0, 0.05) is 91.5 Å². The molecule has 6 aliphatic heterocycles. The van der Waals surface area contributed by atoms with Crippen molar-refractivity contribution in [3.8, 4) is 11.3 Å². The molecule has 320 valence electrons. The molecule has 5 aromatic rings. The molecule has 5 fully saturated rings. The fourth-order valence-electron chi connectivity index (χ4n) is 9.85. The average Bonchev–Trinajstić information content (AvgIpc) is 3.53. The van der Waals surface area contributed by atoms with Crippen LogP contribution in [0.1, 0.15) is 74.3 Å². The van der Waals surface area contributed by atoms with Crippen LogP contribution in [0.2, 0.25) is 0 Å². The summed E-state index contributed by atoms with van der Waals surface area (Å²) in [5.41, 5.74) is 7.46. The molecule has 5 saturated heterocycles. The Morgan fingerprint density at radius 1 is 0.841 bits per heavy atom. The van der Waals surface area contributed by atoms with Gasteiger partial charge in [-0.1, -0.05) is 18.2 Å². The molecule has 0 aliphatic carbocycles.